The maximum Gasteiger partial charge on any atom is 0.171 e. The molecule has 0 atom stereocenters. The summed E-state index contributed by atoms with van der Waals surface area (Å²) in [7, 11) is 1.40. The second kappa shape index (κ2) is 5.55. The molecule has 2 aromatic rings. The van der Waals surface area contributed by atoms with Gasteiger partial charge in [-0.1, -0.05) is 0 Å². The molecule has 0 aliphatic carbocycles. The number of methoxy groups -OCH3 is 1. The third-order valence-corrected chi connectivity index (χ3v) is 2.20. The smallest absolute Gasteiger partial charge is 0.171 e. The normalized spacial score (nSPS) is 9.82. The molecule has 0 fully saturated rings. The summed E-state index contributed by atoms with van der Waals surface area (Å²) in [5.41, 5.74) is 6.32. The van der Waals surface area contributed by atoms with Crippen molar-refractivity contribution < 1.29 is 9.13 Å². The molecule has 0 aliphatic rings. The average molecular weight is 260 g/mol. The zero-order valence-electron chi connectivity index (χ0n) is 9.00. The molecule has 0 aliphatic heterocycles. The van der Waals surface area contributed by atoms with Crippen LogP contribution in [0.25, 0.3) is 5.69 Å². The van der Waals surface area contributed by atoms with Gasteiger partial charge in [0.05, 0.1) is 12.8 Å². The number of halogens is 2. The summed E-state index contributed by atoms with van der Waals surface area (Å²) in [5, 5.41) is 10.7. The number of nitrogens with zero attached hydrogens (tertiary/aromatic N) is 4. The average Bonchev–Trinajstić information content (AvgIpc) is 2.82. The molecule has 1 heterocycles. The minimum absolute atomic E-state index is 0. The molecule has 17 heavy (non-hydrogen) atoms. The fraction of sp³-hybridized carbons (Fsp3) is 0.222. The van der Waals surface area contributed by atoms with E-state index in [2.05, 4.69) is 15.5 Å². The summed E-state index contributed by atoms with van der Waals surface area (Å²) >= 11 is 0. The van der Waals surface area contributed by atoms with Gasteiger partial charge in [-0.25, -0.2) is 9.07 Å². The Balaban J connectivity index is 0.00000144. The van der Waals surface area contributed by atoms with E-state index in [0.717, 1.165) is 0 Å². The van der Waals surface area contributed by atoms with Crippen molar-refractivity contribution in [2.45, 2.75) is 6.54 Å². The van der Waals surface area contributed by atoms with E-state index in [0.29, 0.717) is 11.3 Å². The lowest BCUT2D eigenvalue weighted by Crippen LogP contribution is -2.09. The van der Waals surface area contributed by atoms with Crippen LogP contribution in [-0.2, 0) is 6.54 Å². The maximum atomic E-state index is 13.8. The first-order chi connectivity index (χ1) is 7.77. The van der Waals surface area contributed by atoms with Gasteiger partial charge in [0.2, 0.25) is 0 Å². The lowest BCUT2D eigenvalue weighted by atomic mass is 10.1. The third-order valence-electron chi connectivity index (χ3n) is 2.20. The zero-order valence-corrected chi connectivity index (χ0v) is 9.82. The van der Waals surface area contributed by atoms with Gasteiger partial charge >= 0.3 is 0 Å². The van der Waals surface area contributed by atoms with Crippen molar-refractivity contribution in [1.82, 2.24) is 20.2 Å². The Hall–Kier alpha value is -1.73. The van der Waals surface area contributed by atoms with Crippen LogP contribution in [-0.4, -0.2) is 27.3 Å². The van der Waals surface area contributed by atoms with Crippen molar-refractivity contribution in [3.63, 3.8) is 0 Å². The minimum atomic E-state index is -0.488. The number of benzene rings is 1. The van der Waals surface area contributed by atoms with E-state index in [4.69, 9.17) is 10.5 Å². The summed E-state index contributed by atoms with van der Waals surface area (Å²) in [6, 6.07) is 3.16. The Morgan fingerprint density at radius 3 is 2.76 bits per heavy atom. The van der Waals surface area contributed by atoms with E-state index in [1.165, 1.54) is 24.2 Å². The second-order valence-corrected chi connectivity index (χ2v) is 3.04. The molecule has 0 spiro atoms. The van der Waals surface area contributed by atoms with E-state index in [9.17, 15) is 4.39 Å². The van der Waals surface area contributed by atoms with Crippen molar-refractivity contribution in [2.75, 3.05) is 7.11 Å². The molecule has 0 amide bonds. The first-order valence-electron chi connectivity index (χ1n) is 4.56. The number of ether oxygens (including phenoxy) is 1. The van der Waals surface area contributed by atoms with E-state index in [-0.39, 0.29) is 24.7 Å². The molecule has 2 N–H and O–H groups in total. The van der Waals surface area contributed by atoms with Crippen LogP contribution in [0.1, 0.15) is 5.56 Å². The number of hydrogen-bond donors (Lipinski definition) is 1. The van der Waals surface area contributed by atoms with E-state index in [1.807, 2.05) is 0 Å². The SMILES string of the molecule is COc1ccc(-n2cnnn2)c(CN)c1F.Cl. The predicted molar refractivity (Wildman–Crippen MR) is 60.8 cm³/mol. The molecule has 0 unspecified atom stereocenters. The Morgan fingerprint density at radius 2 is 2.24 bits per heavy atom. The highest BCUT2D eigenvalue weighted by molar-refractivity contribution is 5.85. The van der Waals surface area contributed by atoms with Crippen LogP contribution in [0.3, 0.4) is 0 Å². The quantitative estimate of drug-likeness (QED) is 0.877. The Kier molecular flexibility index (Phi) is 4.36. The Morgan fingerprint density at radius 1 is 1.47 bits per heavy atom. The van der Waals surface area contributed by atoms with Crippen LogP contribution < -0.4 is 10.5 Å². The van der Waals surface area contributed by atoms with Crippen LogP contribution in [0.15, 0.2) is 18.5 Å². The van der Waals surface area contributed by atoms with Gasteiger partial charge in [-0.2, -0.15) is 0 Å². The largest absolute Gasteiger partial charge is 0.494 e. The molecule has 1 aromatic heterocycles. The summed E-state index contributed by atoms with van der Waals surface area (Å²) in [6.07, 6.45) is 1.38. The monoisotopic (exact) mass is 259 g/mol. The summed E-state index contributed by atoms with van der Waals surface area (Å²) in [6.45, 7) is 0.0399. The molecule has 0 radical (unpaired) electrons. The fourth-order valence-corrected chi connectivity index (χ4v) is 1.43. The molecule has 92 valence electrons. The van der Waals surface area contributed by atoms with Gasteiger partial charge in [0.15, 0.2) is 11.6 Å². The van der Waals surface area contributed by atoms with Gasteiger partial charge in [-0.3, -0.25) is 0 Å². The minimum Gasteiger partial charge on any atom is -0.494 e. The second-order valence-electron chi connectivity index (χ2n) is 3.04. The highest BCUT2D eigenvalue weighted by atomic mass is 35.5. The highest BCUT2D eigenvalue weighted by Crippen LogP contribution is 2.25. The molecular formula is C9H11ClFN5O. The van der Waals surface area contributed by atoms with Gasteiger partial charge in [0, 0.05) is 12.1 Å². The number of hydrogen-bond acceptors (Lipinski definition) is 5. The first kappa shape index (κ1) is 13.3. The van der Waals surface area contributed by atoms with Crippen molar-refractivity contribution >= 4 is 12.4 Å². The summed E-state index contributed by atoms with van der Waals surface area (Å²) in [4.78, 5) is 0. The molecule has 0 saturated heterocycles. The van der Waals surface area contributed by atoms with E-state index < -0.39 is 5.82 Å². The van der Waals surface area contributed by atoms with Gasteiger partial charge in [0.25, 0.3) is 0 Å². The lowest BCUT2D eigenvalue weighted by Gasteiger charge is -2.10. The summed E-state index contributed by atoms with van der Waals surface area (Å²) in [5.74, 6) is -0.338. The van der Waals surface area contributed by atoms with E-state index >= 15 is 0 Å². The van der Waals surface area contributed by atoms with Gasteiger partial charge in [0.1, 0.15) is 6.33 Å². The highest BCUT2D eigenvalue weighted by Gasteiger charge is 2.14. The molecule has 6 nitrogen and oxygen atoms in total. The van der Waals surface area contributed by atoms with Crippen molar-refractivity contribution in [3.8, 4) is 11.4 Å². The van der Waals surface area contributed by atoms with Crippen LogP contribution in [0.5, 0.6) is 5.75 Å². The predicted octanol–water partition coefficient (Wildman–Crippen LogP) is 0.690. The maximum absolute atomic E-state index is 13.8. The summed E-state index contributed by atoms with van der Waals surface area (Å²) < 4.78 is 20.1. The molecule has 1 aromatic carbocycles. The third kappa shape index (κ3) is 2.34. The number of tetrazole rings is 1. The van der Waals surface area contributed by atoms with Crippen LogP contribution in [0, 0.1) is 5.82 Å². The Bertz CT molecular complexity index is 490. The number of aromatic nitrogens is 4. The number of rotatable bonds is 3. The van der Waals surface area contributed by atoms with Crippen LogP contribution in [0.2, 0.25) is 0 Å². The molecule has 2 rings (SSSR count). The van der Waals surface area contributed by atoms with Gasteiger partial charge < -0.3 is 10.5 Å². The fourth-order valence-electron chi connectivity index (χ4n) is 1.43. The number of nitrogens with two attached hydrogens (primary N) is 1. The molecular weight excluding hydrogens is 249 g/mol. The molecule has 0 bridgehead atoms. The Labute approximate surface area is 103 Å². The van der Waals surface area contributed by atoms with Crippen molar-refractivity contribution in [3.05, 3.63) is 29.8 Å². The molecule has 8 heteroatoms. The van der Waals surface area contributed by atoms with Crippen molar-refractivity contribution in [2.24, 2.45) is 5.73 Å². The van der Waals surface area contributed by atoms with Gasteiger partial charge in [-0.15, -0.1) is 17.5 Å². The van der Waals surface area contributed by atoms with Gasteiger partial charge in [-0.05, 0) is 22.6 Å². The lowest BCUT2D eigenvalue weighted by molar-refractivity contribution is 0.384. The standard InChI is InChI=1S/C9H10FN5O.ClH/c1-16-8-3-2-7(6(4-11)9(8)10)15-5-12-13-14-15;/h2-3,5H,4,11H2,1H3;1H. The van der Waals surface area contributed by atoms with E-state index in [1.54, 1.807) is 6.07 Å². The first-order valence-corrected chi connectivity index (χ1v) is 4.56. The van der Waals surface area contributed by atoms with Crippen LogP contribution in [0.4, 0.5) is 4.39 Å². The van der Waals surface area contributed by atoms with Crippen LogP contribution >= 0.6 is 12.4 Å². The van der Waals surface area contributed by atoms with Crippen molar-refractivity contribution in [1.29, 1.82) is 0 Å². The zero-order chi connectivity index (χ0) is 11.5. The topological polar surface area (TPSA) is 78.8 Å². The molecule has 0 saturated carbocycles.